The Balaban J connectivity index is 1.80. The van der Waals surface area contributed by atoms with E-state index in [4.69, 9.17) is 4.74 Å². The van der Waals surface area contributed by atoms with Crippen LogP contribution in [0.5, 0.6) is 0 Å². The molecule has 1 aromatic rings. The summed E-state index contributed by atoms with van der Waals surface area (Å²) in [7, 11) is 0. The van der Waals surface area contributed by atoms with Gasteiger partial charge in [-0.05, 0) is 50.1 Å². The molecular formula is C15H23NOS. The van der Waals surface area contributed by atoms with E-state index >= 15 is 0 Å². The third-order valence-electron chi connectivity index (χ3n) is 3.54. The van der Waals surface area contributed by atoms with E-state index in [0.29, 0.717) is 12.1 Å². The van der Waals surface area contributed by atoms with Crippen LogP contribution in [-0.4, -0.2) is 25.5 Å². The van der Waals surface area contributed by atoms with Gasteiger partial charge in [-0.25, -0.2) is 0 Å². The highest BCUT2D eigenvalue weighted by molar-refractivity contribution is 7.98. The summed E-state index contributed by atoms with van der Waals surface area (Å²) in [5.74, 6) is 0. The van der Waals surface area contributed by atoms with Gasteiger partial charge in [0.25, 0.3) is 0 Å². The second-order valence-electron chi connectivity index (χ2n) is 4.89. The SMILES string of the molecule is CSc1ccc(C(C)NCC2CCCCO2)cc1. The molecule has 1 aliphatic heterocycles. The molecular weight excluding hydrogens is 242 g/mol. The Kier molecular flexibility index (Phi) is 5.54. The number of thioether (sulfide) groups is 1. The first-order valence-electron chi connectivity index (χ1n) is 6.78. The van der Waals surface area contributed by atoms with Crippen LogP contribution >= 0.6 is 11.8 Å². The fourth-order valence-corrected chi connectivity index (χ4v) is 2.70. The Hall–Kier alpha value is -0.510. The van der Waals surface area contributed by atoms with Gasteiger partial charge in [-0.2, -0.15) is 0 Å². The van der Waals surface area contributed by atoms with Crippen molar-refractivity contribution in [3.05, 3.63) is 29.8 Å². The number of benzene rings is 1. The molecule has 1 aliphatic rings. The summed E-state index contributed by atoms with van der Waals surface area (Å²) in [5.41, 5.74) is 1.35. The van der Waals surface area contributed by atoms with E-state index < -0.39 is 0 Å². The van der Waals surface area contributed by atoms with Gasteiger partial charge in [0.15, 0.2) is 0 Å². The lowest BCUT2D eigenvalue weighted by Crippen LogP contribution is -2.33. The van der Waals surface area contributed by atoms with Gasteiger partial charge in [0.05, 0.1) is 6.10 Å². The second-order valence-corrected chi connectivity index (χ2v) is 5.77. The summed E-state index contributed by atoms with van der Waals surface area (Å²) in [6.45, 7) is 4.12. The first kappa shape index (κ1) is 13.9. The van der Waals surface area contributed by atoms with Crippen LogP contribution in [0, 0.1) is 0 Å². The topological polar surface area (TPSA) is 21.3 Å². The van der Waals surface area contributed by atoms with Crippen molar-refractivity contribution >= 4 is 11.8 Å². The molecule has 0 radical (unpaired) electrons. The van der Waals surface area contributed by atoms with E-state index in [0.717, 1.165) is 13.2 Å². The van der Waals surface area contributed by atoms with Crippen LogP contribution in [0.15, 0.2) is 29.2 Å². The maximum absolute atomic E-state index is 5.73. The molecule has 0 bridgehead atoms. The first-order valence-corrected chi connectivity index (χ1v) is 8.01. The monoisotopic (exact) mass is 265 g/mol. The van der Waals surface area contributed by atoms with Crippen LogP contribution in [0.1, 0.15) is 37.8 Å². The minimum Gasteiger partial charge on any atom is -0.377 e. The first-order chi connectivity index (χ1) is 8.79. The smallest absolute Gasteiger partial charge is 0.0699 e. The Bertz CT molecular complexity index is 346. The molecule has 0 spiro atoms. The zero-order chi connectivity index (χ0) is 12.8. The molecule has 1 saturated heterocycles. The molecule has 2 rings (SSSR count). The molecule has 2 nitrogen and oxygen atoms in total. The normalized spacial score (nSPS) is 21.8. The van der Waals surface area contributed by atoms with E-state index in [-0.39, 0.29) is 0 Å². The molecule has 0 saturated carbocycles. The number of hydrogen-bond donors (Lipinski definition) is 1. The average Bonchev–Trinajstić information content (AvgIpc) is 2.46. The lowest BCUT2D eigenvalue weighted by Gasteiger charge is -2.25. The van der Waals surface area contributed by atoms with Gasteiger partial charge in [0.1, 0.15) is 0 Å². The predicted molar refractivity (Wildman–Crippen MR) is 78.2 cm³/mol. The fourth-order valence-electron chi connectivity index (χ4n) is 2.29. The van der Waals surface area contributed by atoms with Crippen molar-refractivity contribution in [1.29, 1.82) is 0 Å². The summed E-state index contributed by atoms with van der Waals surface area (Å²) < 4.78 is 5.73. The molecule has 3 heteroatoms. The molecule has 2 atom stereocenters. The summed E-state index contributed by atoms with van der Waals surface area (Å²) in [6.07, 6.45) is 6.25. The van der Waals surface area contributed by atoms with Crippen molar-refractivity contribution in [2.45, 2.75) is 43.2 Å². The molecule has 0 aliphatic carbocycles. The molecule has 2 unspecified atom stereocenters. The van der Waals surface area contributed by atoms with Gasteiger partial charge in [-0.1, -0.05) is 12.1 Å². The number of rotatable bonds is 5. The van der Waals surface area contributed by atoms with Crippen molar-refractivity contribution in [3.63, 3.8) is 0 Å². The summed E-state index contributed by atoms with van der Waals surface area (Å²) in [4.78, 5) is 1.32. The third kappa shape index (κ3) is 4.01. The fraction of sp³-hybridized carbons (Fsp3) is 0.600. The van der Waals surface area contributed by atoms with Crippen molar-refractivity contribution in [2.24, 2.45) is 0 Å². The Morgan fingerprint density at radius 3 is 2.72 bits per heavy atom. The highest BCUT2D eigenvalue weighted by atomic mass is 32.2. The van der Waals surface area contributed by atoms with E-state index in [1.807, 2.05) is 0 Å². The predicted octanol–water partition coefficient (Wildman–Crippen LogP) is 3.63. The van der Waals surface area contributed by atoms with Crippen molar-refractivity contribution < 1.29 is 4.74 Å². The van der Waals surface area contributed by atoms with Crippen molar-refractivity contribution in [2.75, 3.05) is 19.4 Å². The van der Waals surface area contributed by atoms with Crippen LogP contribution in [0.2, 0.25) is 0 Å². The number of nitrogens with one attached hydrogen (secondary N) is 1. The molecule has 100 valence electrons. The average molecular weight is 265 g/mol. The van der Waals surface area contributed by atoms with Gasteiger partial charge in [-0.15, -0.1) is 11.8 Å². The Morgan fingerprint density at radius 1 is 1.33 bits per heavy atom. The minimum atomic E-state index is 0.395. The lowest BCUT2D eigenvalue weighted by atomic mass is 10.1. The molecule has 0 aromatic heterocycles. The Morgan fingerprint density at radius 2 is 2.11 bits per heavy atom. The molecule has 1 N–H and O–H groups in total. The van der Waals surface area contributed by atoms with E-state index in [9.17, 15) is 0 Å². The summed E-state index contributed by atoms with van der Waals surface area (Å²) >= 11 is 1.78. The largest absolute Gasteiger partial charge is 0.377 e. The maximum atomic E-state index is 5.73. The molecule has 18 heavy (non-hydrogen) atoms. The third-order valence-corrected chi connectivity index (χ3v) is 4.29. The van der Waals surface area contributed by atoms with Gasteiger partial charge in [0.2, 0.25) is 0 Å². The van der Waals surface area contributed by atoms with Crippen molar-refractivity contribution in [3.8, 4) is 0 Å². The van der Waals surface area contributed by atoms with Gasteiger partial charge in [-0.3, -0.25) is 0 Å². The second kappa shape index (κ2) is 7.17. The lowest BCUT2D eigenvalue weighted by molar-refractivity contribution is 0.0156. The van der Waals surface area contributed by atoms with Crippen LogP contribution in [0.4, 0.5) is 0 Å². The zero-order valence-electron chi connectivity index (χ0n) is 11.3. The number of hydrogen-bond acceptors (Lipinski definition) is 3. The number of ether oxygens (including phenoxy) is 1. The zero-order valence-corrected chi connectivity index (χ0v) is 12.1. The van der Waals surface area contributed by atoms with Crippen LogP contribution in [-0.2, 0) is 4.74 Å². The van der Waals surface area contributed by atoms with Crippen LogP contribution in [0.25, 0.3) is 0 Å². The van der Waals surface area contributed by atoms with Crippen molar-refractivity contribution in [1.82, 2.24) is 5.32 Å². The Labute approximate surface area is 114 Å². The van der Waals surface area contributed by atoms with Crippen LogP contribution in [0.3, 0.4) is 0 Å². The van der Waals surface area contributed by atoms with Gasteiger partial charge < -0.3 is 10.1 Å². The maximum Gasteiger partial charge on any atom is 0.0699 e. The van der Waals surface area contributed by atoms with E-state index in [1.165, 1.54) is 29.7 Å². The van der Waals surface area contributed by atoms with Gasteiger partial charge in [0, 0.05) is 24.1 Å². The highest BCUT2D eigenvalue weighted by Crippen LogP contribution is 2.19. The van der Waals surface area contributed by atoms with E-state index in [1.54, 1.807) is 11.8 Å². The standard InChI is InChI=1S/C15H23NOS/c1-12(13-6-8-15(18-2)9-7-13)16-11-14-5-3-4-10-17-14/h6-9,12,14,16H,3-5,10-11H2,1-2H3. The minimum absolute atomic E-state index is 0.395. The highest BCUT2D eigenvalue weighted by Gasteiger charge is 2.14. The quantitative estimate of drug-likeness (QED) is 0.822. The summed E-state index contributed by atoms with van der Waals surface area (Å²) in [6, 6.07) is 9.20. The molecule has 1 heterocycles. The van der Waals surface area contributed by atoms with Crippen LogP contribution < -0.4 is 5.32 Å². The summed E-state index contributed by atoms with van der Waals surface area (Å²) in [5, 5.41) is 3.57. The molecule has 1 fully saturated rings. The molecule has 0 amide bonds. The molecule has 1 aromatic carbocycles. The van der Waals surface area contributed by atoms with E-state index in [2.05, 4.69) is 42.8 Å². The van der Waals surface area contributed by atoms with Gasteiger partial charge >= 0.3 is 0 Å².